The monoisotopic (exact) mass is 399 g/mol. The Balaban J connectivity index is 1.24. The van der Waals surface area contributed by atoms with Crippen LogP contribution in [0.2, 0.25) is 0 Å². The number of aromatic nitrogens is 2. The van der Waals surface area contributed by atoms with Gasteiger partial charge in [0.25, 0.3) is 0 Å². The van der Waals surface area contributed by atoms with Gasteiger partial charge in [-0.3, -0.25) is 0 Å². The van der Waals surface area contributed by atoms with E-state index in [1.54, 1.807) is 28.9 Å². The van der Waals surface area contributed by atoms with Crippen molar-refractivity contribution >= 4 is 33.8 Å². The van der Waals surface area contributed by atoms with Gasteiger partial charge in [0.15, 0.2) is 5.13 Å². The number of carbonyl (C=O) groups excluding carboxylic acids is 1. The Labute approximate surface area is 166 Å². The summed E-state index contributed by atoms with van der Waals surface area (Å²) in [5.74, 6) is 0. The minimum absolute atomic E-state index is 0.0167. The number of nitrogens with one attached hydrogen (secondary N) is 2. The summed E-state index contributed by atoms with van der Waals surface area (Å²) in [4.78, 5) is 23.2. The Morgan fingerprint density at radius 2 is 2.00 bits per heavy atom. The van der Waals surface area contributed by atoms with Gasteiger partial charge < -0.3 is 15.5 Å². The second-order valence-corrected chi connectivity index (χ2v) is 8.16. The Bertz CT molecular complexity index is 857. The first kappa shape index (κ1) is 17.9. The molecule has 0 saturated carbocycles. The summed E-state index contributed by atoms with van der Waals surface area (Å²) in [5, 5.41) is 12.3. The SMILES string of the molecule is O=C(NCc1csc(-c2ccccc2)n1)N1CCC(Nc2nccs2)CC1. The average molecular weight is 400 g/mol. The minimum atomic E-state index is -0.0167. The average Bonchev–Trinajstić information content (AvgIpc) is 3.39. The maximum absolute atomic E-state index is 12.4. The molecule has 0 spiro atoms. The van der Waals surface area contributed by atoms with E-state index in [9.17, 15) is 4.79 Å². The van der Waals surface area contributed by atoms with Crippen molar-refractivity contribution in [3.8, 4) is 10.6 Å². The number of thiazole rings is 2. The van der Waals surface area contributed by atoms with Gasteiger partial charge in [0.1, 0.15) is 5.01 Å². The maximum Gasteiger partial charge on any atom is 0.317 e. The van der Waals surface area contributed by atoms with E-state index in [0.29, 0.717) is 12.6 Å². The van der Waals surface area contributed by atoms with Crippen LogP contribution in [0, 0.1) is 0 Å². The molecule has 3 heterocycles. The van der Waals surface area contributed by atoms with Crippen LogP contribution in [0.4, 0.5) is 9.93 Å². The molecule has 1 saturated heterocycles. The van der Waals surface area contributed by atoms with Crippen LogP contribution >= 0.6 is 22.7 Å². The molecule has 0 atom stereocenters. The number of piperidine rings is 1. The van der Waals surface area contributed by atoms with Gasteiger partial charge in [-0.25, -0.2) is 14.8 Å². The van der Waals surface area contributed by atoms with Gasteiger partial charge in [-0.15, -0.1) is 22.7 Å². The highest BCUT2D eigenvalue weighted by atomic mass is 32.1. The Kier molecular flexibility index (Phi) is 5.64. The first-order chi connectivity index (χ1) is 13.3. The lowest BCUT2D eigenvalue weighted by atomic mass is 10.1. The highest BCUT2D eigenvalue weighted by Gasteiger charge is 2.23. The van der Waals surface area contributed by atoms with Crippen molar-refractivity contribution in [2.45, 2.75) is 25.4 Å². The van der Waals surface area contributed by atoms with Crippen LogP contribution in [0.1, 0.15) is 18.5 Å². The number of benzene rings is 1. The van der Waals surface area contributed by atoms with Crippen LogP contribution in [-0.2, 0) is 6.54 Å². The summed E-state index contributed by atoms with van der Waals surface area (Å²) in [6, 6.07) is 10.5. The third kappa shape index (κ3) is 4.64. The third-order valence-corrected chi connectivity index (χ3v) is 6.18. The highest BCUT2D eigenvalue weighted by Crippen LogP contribution is 2.23. The fourth-order valence-corrected chi connectivity index (χ4v) is 4.51. The van der Waals surface area contributed by atoms with Crippen molar-refractivity contribution in [3.63, 3.8) is 0 Å². The Morgan fingerprint density at radius 3 is 2.74 bits per heavy atom. The number of hydrogen-bond acceptors (Lipinski definition) is 6. The molecular weight excluding hydrogens is 378 g/mol. The van der Waals surface area contributed by atoms with Gasteiger partial charge in [-0.2, -0.15) is 0 Å². The molecule has 4 rings (SSSR count). The number of hydrogen-bond donors (Lipinski definition) is 2. The van der Waals surface area contributed by atoms with Gasteiger partial charge >= 0.3 is 6.03 Å². The number of amides is 2. The van der Waals surface area contributed by atoms with E-state index in [2.05, 4.69) is 20.6 Å². The molecule has 0 aliphatic carbocycles. The molecule has 0 radical (unpaired) electrons. The molecule has 0 unspecified atom stereocenters. The zero-order valence-electron chi connectivity index (χ0n) is 14.8. The van der Waals surface area contributed by atoms with E-state index in [4.69, 9.17) is 0 Å². The molecule has 3 aromatic rings. The normalized spacial score (nSPS) is 14.9. The molecular formula is C19H21N5OS2. The molecule has 2 amide bonds. The number of carbonyl (C=O) groups is 1. The summed E-state index contributed by atoms with van der Waals surface area (Å²) < 4.78 is 0. The van der Waals surface area contributed by atoms with Crippen LogP contribution in [0.5, 0.6) is 0 Å². The van der Waals surface area contributed by atoms with E-state index in [0.717, 1.165) is 47.3 Å². The largest absolute Gasteiger partial charge is 0.359 e. The zero-order chi connectivity index (χ0) is 18.5. The van der Waals surface area contributed by atoms with E-state index in [1.165, 1.54) is 0 Å². The van der Waals surface area contributed by atoms with Crippen molar-refractivity contribution in [1.82, 2.24) is 20.2 Å². The lowest BCUT2D eigenvalue weighted by Crippen LogP contribution is -2.46. The first-order valence-corrected chi connectivity index (χ1v) is 10.7. The van der Waals surface area contributed by atoms with E-state index in [1.807, 2.05) is 46.0 Å². The van der Waals surface area contributed by atoms with Crippen LogP contribution < -0.4 is 10.6 Å². The first-order valence-electron chi connectivity index (χ1n) is 8.96. The van der Waals surface area contributed by atoms with Crippen molar-refractivity contribution in [1.29, 1.82) is 0 Å². The van der Waals surface area contributed by atoms with Crippen molar-refractivity contribution in [3.05, 3.63) is 53.0 Å². The maximum atomic E-state index is 12.4. The molecule has 6 nitrogen and oxygen atoms in total. The van der Waals surface area contributed by atoms with Gasteiger partial charge in [-0.1, -0.05) is 30.3 Å². The number of nitrogens with zero attached hydrogens (tertiary/aromatic N) is 3. The second kappa shape index (κ2) is 8.49. The van der Waals surface area contributed by atoms with Crippen LogP contribution in [0.3, 0.4) is 0 Å². The highest BCUT2D eigenvalue weighted by molar-refractivity contribution is 7.13. The molecule has 2 aromatic heterocycles. The molecule has 2 N–H and O–H groups in total. The fraction of sp³-hybridized carbons (Fsp3) is 0.316. The predicted octanol–water partition coefficient (Wildman–Crippen LogP) is 4.05. The predicted molar refractivity (Wildman–Crippen MR) is 110 cm³/mol. The number of likely N-dealkylation sites (tertiary alicyclic amines) is 1. The Morgan fingerprint density at radius 1 is 1.19 bits per heavy atom. The van der Waals surface area contributed by atoms with Gasteiger partial charge in [0, 0.05) is 41.7 Å². The van der Waals surface area contributed by atoms with Gasteiger partial charge in [-0.05, 0) is 12.8 Å². The standard InChI is InChI=1S/C19H21N5OS2/c25-19(24-9-6-15(7-10-24)23-18-20-8-11-26-18)21-12-16-13-27-17(22-16)14-4-2-1-3-5-14/h1-5,8,11,13,15H,6-7,9-10,12H2,(H,20,23)(H,21,25). The van der Waals surface area contributed by atoms with Crippen LogP contribution in [-0.4, -0.2) is 40.0 Å². The molecule has 27 heavy (non-hydrogen) atoms. The van der Waals surface area contributed by atoms with Crippen molar-refractivity contribution in [2.75, 3.05) is 18.4 Å². The quantitative estimate of drug-likeness (QED) is 0.679. The molecule has 1 aliphatic heterocycles. The van der Waals surface area contributed by atoms with Gasteiger partial charge in [0.2, 0.25) is 0 Å². The molecule has 140 valence electrons. The van der Waals surface area contributed by atoms with E-state index < -0.39 is 0 Å². The summed E-state index contributed by atoms with van der Waals surface area (Å²) in [5.41, 5.74) is 2.00. The molecule has 1 aliphatic rings. The van der Waals surface area contributed by atoms with E-state index in [-0.39, 0.29) is 6.03 Å². The van der Waals surface area contributed by atoms with Crippen LogP contribution in [0.25, 0.3) is 10.6 Å². The summed E-state index contributed by atoms with van der Waals surface area (Å²) in [6.45, 7) is 1.96. The lowest BCUT2D eigenvalue weighted by Gasteiger charge is -2.32. The minimum Gasteiger partial charge on any atom is -0.359 e. The fourth-order valence-electron chi connectivity index (χ4n) is 3.08. The molecule has 1 fully saturated rings. The van der Waals surface area contributed by atoms with Crippen LogP contribution in [0.15, 0.2) is 47.3 Å². The van der Waals surface area contributed by atoms with Crippen molar-refractivity contribution in [2.24, 2.45) is 0 Å². The molecule has 0 bridgehead atoms. The third-order valence-electron chi connectivity index (χ3n) is 4.54. The summed E-state index contributed by atoms with van der Waals surface area (Å²) in [6.07, 6.45) is 3.67. The number of rotatable bonds is 5. The number of anilines is 1. The van der Waals surface area contributed by atoms with Crippen molar-refractivity contribution < 1.29 is 4.79 Å². The smallest absolute Gasteiger partial charge is 0.317 e. The molecule has 8 heteroatoms. The summed E-state index contributed by atoms with van der Waals surface area (Å²) in [7, 11) is 0. The molecule has 1 aromatic carbocycles. The second-order valence-electron chi connectivity index (χ2n) is 6.41. The van der Waals surface area contributed by atoms with Gasteiger partial charge in [0.05, 0.1) is 12.2 Å². The van der Waals surface area contributed by atoms with E-state index >= 15 is 0 Å². The number of urea groups is 1. The topological polar surface area (TPSA) is 70.2 Å². The Hall–Kier alpha value is -2.45. The zero-order valence-corrected chi connectivity index (χ0v) is 16.4. The summed E-state index contributed by atoms with van der Waals surface area (Å²) >= 11 is 3.21. The lowest BCUT2D eigenvalue weighted by molar-refractivity contribution is 0.183.